The number of halogens is 2. The number of carboxylic acid groups (broad SMARTS) is 1. The smallest absolute Gasteiger partial charge is 0.337 e. The molecule has 16 heteroatoms. The number of phenolic OH excluding ortho intramolecular Hbond substituents is 1. The maximum Gasteiger partial charge on any atom is 0.337 e. The van der Waals surface area contributed by atoms with Crippen LogP contribution in [-0.4, -0.2) is 70.0 Å². The number of fused-ring (bicyclic) bond motifs is 3. The van der Waals surface area contributed by atoms with Gasteiger partial charge in [0, 0.05) is 69.3 Å². The monoisotopic (exact) mass is 906 g/mol. The first-order valence-electron chi connectivity index (χ1n) is 21.0. The van der Waals surface area contributed by atoms with Crippen molar-refractivity contribution in [2.24, 2.45) is 4.99 Å². The van der Waals surface area contributed by atoms with Gasteiger partial charge in [0.05, 0.1) is 35.2 Å². The van der Waals surface area contributed by atoms with Crippen molar-refractivity contribution in [3.05, 3.63) is 170 Å². The molecule has 1 aliphatic carbocycles. The van der Waals surface area contributed by atoms with Gasteiger partial charge in [-0.15, -0.1) is 0 Å². The molecule has 0 saturated carbocycles. The molecule has 14 nitrogen and oxygen atoms in total. The van der Waals surface area contributed by atoms with Crippen molar-refractivity contribution < 1.29 is 52.4 Å². The Hall–Kier alpha value is -8.66. The lowest BCUT2D eigenvalue weighted by molar-refractivity contribution is 0.0599. The lowest BCUT2D eigenvalue weighted by Gasteiger charge is -2.17. The quantitative estimate of drug-likeness (QED) is 0.0248. The minimum absolute atomic E-state index is 0.000269. The van der Waals surface area contributed by atoms with Crippen molar-refractivity contribution in [3.63, 3.8) is 0 Å². The summed E-state index contributed by atoms with van der Waals surface area (Å²) in [5, 5.41) is 37.6. The summed E-state index contributed by atoms with van der Waals surface area (Å²) in [6.07, 6.45) is 2.73. The van der Waals surface area contributed by atoms with Crippen LogP contribution in [0.2, 0.25) is 0 Å². The highest BCUT2D eigenvalue weighted by atomic mass is 19.1. The zero-order valence-electron chi connectivity index (χ0n) is 35.6. The van der Waals surface area contributed by atoms with Crippen molar-refractivity contribution in [3.8, 4) is 34.1 Å². The van der Waals surface area contributed by atoms with E-state index >= 15 is 0 Å². The number of aliphatic imine (C=N–C) groups is 1. The van der Waals surface area contributed by atoms with Gasteiger partial charge >= 0.3 is 11.9 Å². The van der Waals surface area contributed by atoms with Gasteiger partial charge in [0.15, 0.2) is 23.3 Å². The van der Waals surface area contributed by atoms with Crippen molar-refractivity contribution >= 4 is 57.0 Å². The SMILES string of the molecule is COC(=O)c1ccc2c(C(=Nc3ccc(C(=O)NCCCCCCNC(=O)c4ccc(-c5c6cc(F)c(=O)cc-6oc6cc(O)c(F)cc56)c(C(=O)O)c4)cc3)c3ccccc3)c(O)[nH]c2c1. The maximum absolute atomic E-state index is 14.6. The number of aromatic hydroxyl groups is 2. The summed E-state index contributed by atoms with van der Waals surface area (Å²) >= 11 is 0. The van der Waals surface area contributed by atoms with E-state index in [9.17, 15) is 48.1 Å². The van der Waals surface area contributed by atoms with Crippen molar-refractivity contribution in [1.29, 1.82) is 0 Å². The fourth-order valence-corrected chi connectivity index (χ4v) is 7.83. The number of aromatic nitrogens is 1. The molecular weight excluding hydrogens is 867 g/mol. The molecule has 0 bridgehead atoms. The number of ether oxygens (including phenoxy) is 1. The van der Waals surface area contributed by atoms with Crippen molar-refractivity contribution in [1.82, 2.24) is 15.6 Å². The van der Waals surface area contributed by atoms with E-state index in [-0.39, 0.29) is 62.9 Å². The molecule has 0 spiro atoms. The summed E-state index contributed by atoms with van der Waals surface area (Å²) in [6, 6.07) is 28.4. The standard InChI is InChI=1S/C51H40F2N4O10/c1-66-51(65)30-14-18-33-39(22-30)57-49(62)45(33)46(27-9-5-4-6-10-27)56-31-15-11-28(12-16-31)47(60)54-19-7-2-3-8-20-55-48(61)29-13-17-32(34(21-29)50(63)64)44-35-23-37(52)40(58)25-42(35)67-43-26-41(59)38(53)24-36(43)44/h4-6,9-18,21-26,57-58,62H,2-3,7-8,19-20H2,1H3,(H,54,60)(H,55,61)(H,63,64). The highest BCUT2D eigenvalue weighted by Crippen LogP contribution is 2.43. The van der Waals surface area contributed by atoms with Crippen LogP contribution in [0.4, 0.5) is 14.5 Å². The van der Waals surface area contributed by atoms with Gasteiger partial charge in [-0.3, -0.25) is 14.4 Å². The predicted octanol–water partition coefficient (Wildman–Crippen LogP) is 9.11. The molecule has 5 aromatic carbocycles. The number of nitrogens with one attached hydrogen (secondary N) is 3. The number of amides is 2. The molecule has 0 fully saturated rings. The van der Waals surface area contributed by atoms with Gasteiger partial charge in [-0.25, -0.2) is 23.4 Å². The molecule has 1 aromatic heterocycles. The number of rotatable bonds is 15. The topological polar surface area (TPSA) is 221 Å². The average molecular weight is 907 g/mol. The highest BCUT2D eigenvalue weighted by Gasteiger charge is 2.26. The van der Waals surface area contributed by atoms with Crippen LogP contribution in [0.1, 0.15) is 78.2 Å². The fraction of sp³-hybridized carbons (Fsp3) is 0.137. The van der Waals surface area contributed by atoms with Crippen LogP contribution >= 0.6 is 0 Å². The third kappa shape index (κ3) is 9.45. The summed E-state index contributed by atoms with van der Waals surface area (Å²) in [6.45, 7) is 0.686. The first-order chi connectivity index (χ1) is 32.3. The summed E-state index contributed by atoms with van der Waals surface area (Å²) in [4.78, 5) is 70.7. The number of phenols is 1. The second-order valence-corrected chi connectivity index (χ2v) is 15.5. The second kappa shape index (κ2) is 19.2. The van der Waals surface area contributed by atoms with Gasteiger partial charge < -0.3 is 40.1 Å². The Labute approximate surface area is 379 Å². The molecule has 2 aliphatic rings. The van der Waals surface area contributed by atoms with Gasteiger partial charge in [-0.05, 0) is 79.1 Å². The zero-order chi connectivity index (χ0) is 47.4. The Balaban J connectivity index is 0.854. The molecule has 2 heterocycles. The number of carboxylic acids is 1. The van der Waals surface area contributed by atoms with E-state index in [4.69, 9.17) is 14.1 Å². The zero-order valence-corrected chi connectivity index (χ0v) is 35.6. The number of H-pyrrole nitrogens is 1. The lowest BCUT2D eigenvalue weighted by Crippen LogP contribution is -2.25. The van der Waals surface area contributed by atoms with Crippen LogP contribution in [0.5, 0.6) is 11.6 Å². The molecule has 0 unspecified atom stereocenters. The Morgan fingerprint density at radius 1 is 0.701 bits per heavy atom. The molecular formula is C51H40F2N4O10. The van der Waals surface area contributed by atoms with E-state index in [2.05, 4.69) is 15.6 Å². The van der Waals surface area contributed by atoms with Gasteiger partial charge in [0.25, 0.3) is 11.8 Å². The third-order valence-corrected chi connectivity index (χ3v) is 11.2. The summed E-state index contributed by atoms with van der Waals surface area (Å²) in [5.41, 5.74) is 2.04. The van der Waals surface area contributed by atoms with E-state index in [1.165, 1.54) is 19.2 Å². The fourth-order valence-electron chi connectivity index (χ4n) is 7.83. The number of hydrogen-bond acceptors (Lipinski definition) is 10. The number of carbonyl (C=O) groups excluding carboxylic acids is 3. The summed E-state index contributed by atoms with van der Waals surface area (Å²) in [5.74, 6) is -5.95. The van der Waals surface area contributed by atoms with Crippen LogP contribution < -0.4 is 16.1 Å². The average Bonchev–Trinajstić information content (AvgIpc) is 3.66. The molecule has 6 N–H and O–H groups in total. The number of esters is 1. The predicted molar refractivity (Wildman–Crippen MR) is 246 cm³/mol. The number of benzene rings is 6. The molecule has 0 radical (unpaired) electrons. The molecule has 67 heavy (non-hydrogen) atoms. The molecule has 1 aliphatic heterocycles. The number of aromatic amines is 1. The number of unbranched alkanes of at least 4 members (excludes halogenated alkanes) is 3. The molecule has 338 valence electrons. The normalized spacial score (nSPS) is 11.5. The number of hydrogen-bond donors (Lipinski definition) is 6. The van der Waals surface area contributed by atoms with E-state index in [1.54, 1.807) is 42.5 Å². The minimum Gasteiger partial charge on any atom is -0.505 e. The van der Waals surface area contributed by atoms with E-state index < -0.39 is 40.7 Å². The Bertz CT molecular complexity index is 3290. The summed E-state index contributed by atoms with van der Waals surface area (Å²) in [7, 11) is 1.29. The van der Waals surface area contributed by atoms with Crippen LogP contribution in [-0.2, 0) is 4.74 Å². The number of carbonyl (C=O) groups is 4. The number of nitrogens with zero attached hydrogens (tertiary/aromatic N) is 1. The molecule has 8 rings (SSSR count). The number of aromatic carboxylic acids is 1. The van der Waals surface area contributed by atoms with Crippen molar-refractivity contribution in [2.75, 3.05) is 20.2 Å². The minimum atomic E-state index is -1.43. The van der Waals surface area contributed by atoms with Gasteiger partial charge in [0.1, 0.15) is 11.3 Å². The Morgan fingerprint density at radius 2 is 1.37 bits per heavy atom. The van der Waals surface area contributed by atoms with Gasteiger partial charge in [-0.1, -0.05) is 55.3 Å². The van der Waals surface area contributed by atoms with Crippen LogP contribution in [0.15, 0.2) is 129 Å². The van der Waals surface area contributed by atoms with E-state index in [0.717, 1.165) is 48.7 Å². The first-order valence-corrected chi connectivity index (χ1v) is 21.0. The van der Waals surface area contributed by atoms with E-state index in [0.29, 0.717) is 58.4 Å². The lowest BCUT2D eigenvalue weighted by atomic mass is 9.89. The highest BCUT2D eigenvalue weighted by molar-refractivity contribution is 6.22. The Kier molecular flexibility index (Phi) is 12.9. The molecule has 6 aromatic rings. The van der Waals surface area contributed by atoms with Gasteiger partial charge in [-0.2, -0.15) is 0 Å². The largest absolute Gasteiger partial charge is 0.505 e. The Morgan fingerprint density at radius 3 is 2.06 bits per heavy atom. The number of methoxy groups -OCH3 is 1. The third-order valence-electron chi connectivity index (χ3n) is 11.2. The summed E-state index contributed by atoms with van der Waals surface area (Å²) < 4.78 is 39.7. The van der Waals surface area contributed by atoms with Gasteiger partial charge in [0.2, 0.25) is 5.43 Å². The van der Waals surface area contributed by atoms with Crippen LogP contribution in [0, 0.1) is 11.6 Å². The second-order valence-electron chi connectivity index (χ2n) is 15.5. The van der Waals surface area contributed by atoms with Crippen molar-refractivity contribution in [2.45, 2.75) is 25.7 Å². The molecule has 2 amide bonds. The van der Waals surface area contributed by atoms with E-state index in [1.807, 2.05) is 30.3 Å². The van der Waals surface area contributed by atoms with Crippen LogP contribution in [0.3, 0.4) is 0 Å². The molecule has 0 atom stereocenters. The maximum atomic E-state index is 14.6. The molecule has 0 saturated heterocycles. The van der Waals surface area contributed by atoms with Crippen LogP contribution in [0.25, 0.3) is 44.3 Å². The first kappa shape index (κ1) is 44.9.